The molecule has 0 saturated carbocycles. The molecule has 3 nitrogen and oxygen atoms in total. The first-order valence-electron chi connectivity index (χ1n) is 7.39. The fourth-order valence-electron chi connectivity index (χ4n) is 2.78. The molecule has 0 amide bonds. The van der Waals surface area contributed by atoms with Gasteiger partial charge in [-0.2, -0.15) is 0 Å². The summed E-state index contributed by atoms with van der Waals surface area (Å²) in [7, 11) is 2.25. The highest BCUT2D eigenvalue weighted by Crippen LogP contribution is 2.20. The summed E-state index contributed by atoms with van der Waals surface area (Å²) in [5, 5.41) is 3.57. The molecule has 1 heterocycles. The van der Waals surface area contributed by atoms with E-state index in [9.17, 15) is 0 Å². The second-order valence-corrected chi connectivity index (χ2v) is 7.26. The number of nitrogens with zero attached hydrogens (tertiary/aromatic N) is 2. The van der Waals surface area contributed by atoms with Crippen molar-refractivity contribution in [2.45, 2.75) is 59.7 Å². The Morgan fingerprint density at radius 2 is 1.67 bits per heavy atom. The molecule has 18 heavy (non-hydrogen) atoms. The Morgan fingerprint density at radius 1 is 1.17 bits per heavy atom. The molecule has 108 valence electrons. The van der Waals surface area contributed by atoms with Crippen molar-refractivity contribution in [1.29, 1.82) is 0 Å². The summed E-state index contributed by atoms with van der Waals surface area (Å²) >= 11 is 0. The van der Waals surface area contributed by atoms with Crippen molar-refractivity contribution in [3.05, 3.63) is 0 Å². The van der Waals surface area contributed by atoms with Crippen LogP contribution in [0.1, 0.15) is 41.5 Å². The van der Waals surface area contributed by atoms with Crippen LogP contribution in [0, 0.1) is 5.41 Å². The molecule has 2 atom stereocenters. The van der Waals surface area contributed by atoms with Crippen LogP contribution in [0.3, 0.4) is 0 Å². The molecular formula is C15H33N3. The molecule has 2 unspecified atom stereocenters. The monoisotopic (exact) mass is 255 g/mol. The molecule has 1 saturated heterocycles. The van der Waals surface area contributed by atoms with E-state index >= 15 is 0 Å². The van der Waals surface area contributed by atoms with E-state index in [4.69, 9.17) is 0 Å². The van der Waals surface area contributed by atoms with E-state index in [0.29, 0.717) is 23.5 Å². The first-order chi connectivity index (χ1) is 8.21. The summed E-state index contributed by atoms with van der Waals surface area (Å²) in [5.74, 6) is 0. The molecule has 1 rings (SSSR count). The lowest BCUT2D eigenvalue weighted by Crippen LogP contribution is -2.57. The van der Waals surface area contributed by atoms with Crippen molar-refractivity contribution >= 4 is 0 Å². The van der Waals surface area contributed by atoms with Crippen LogP contribution in [0.2, 0.25) is 0 Å². The Kier molecular flexibility index (Phi) is 5.63. The molecule has 0 aromatic heterocycles. The van der Waals surface area contributed by atoms with Gasteiger partial charge in [0.25, 0.3) is 0 Å². The molecule has 0 aromatic carbocycles. The fourth-order valence-corrected chi connectivity index (χ4v) is 2.78. The van der Waals surface area contributed by atoms with Crippen molar-refractivity contribution in [3.63, 3.8) is 0 Å². The maximum Gasteiger partial charge on any atom is 0.0195 e. The Morgan fingerprint density at radius 3 is 2.11 bits per heavy atom. The molecule has 1 N–H and O–H groups in total. The molecule has 0 aliphatic carbocycles. The van der Waals surface area contributed by atoms with Crippen molar-refractivity contribution < 1.29 is 0 Å². The third kappa shape index (κ3) is 4.87. The van der Waals surface area contributed by atoms with Gasteiger partial charge in [-0.15, -0.1) is 0 Å². The average molecular weight is 255 g/mol. The molecule has 3 heteroatoms. The smallest absolute Gasteiger partial charge is 0.0195 e. The summed E-state index contributed by atoms with van der Waals surface area (Å²) in [6.45, 7) is 18.5. The van der Waals surface area contributed by atoms with Gasteiger partial charge in [-0.1, -0.05) is 27.7 Å². The lowest BCUT2D eigenvalue weighted by molar-refractivity contribution is 0.0379. The summed E-state index contributed by atoms with van der Waals surface area (Å²) < 4.78 is 0. The average Bonchev–Trinajstić information content (AvgIpc) is 2.22. The highest BCUT2D eigenvalue weighted by atomic mass is 15.3. The lowest BCUT2D eigenvalue weighted by atomic mass is 9.91. The normalized spacial score (nSPS) is 28.0. The number of nitrogens with one attached hydrogen (secondary N) is 1. The zero-order valence-electron chi connectivity index (χ0n) is 13.5. The first kappa shape index (κ1) is 15.9. The quantitative estimate of drug-likeness (QED) is 0.811. The van der Waals surface area contributed by atoms with Gasteiger partial charge in [0.1, 0.15) is 0 Å². The highest BCUT2D eigenvalue weighted by molar-refractivity contribution is 4.86. The van der Waals surface area contributed by atoms with E-state index in [1.165, 1.54) is 19.6 Å². The molecule has 1 aliphatic heterocycles. The number of piperazine rings is 1. The van der Waals surface area contributed by atoms with Crippen molar-refractivity contribution in [2.24, 2.45) is 5.41 Å². The summed E-state index contributed by atoms with van der Waals surface area (Å²) in [6.07, 6.45) is 0. The van der Waals surface area contributed by atoms with Gasteiger partial charge < -0.3 is 5.32 Å². The number of rotatable bonds is 5. The van der Waals surface area contributed by atoms with Crippen molar-refractivity contribution in [1.82, 2.24) is 15.1 Å². The predicted octanol–water partition coefficient (Wildman–Crippen LogP) is 2.03. The summed E-state index contributed by atoms with van der Waals surface area (Å²) in [4.78, 5) is 5.13. The van der Waals surface area contributed by atoms with Gasteiger partial charge in [-0.05, 0) is 26.3 Å². The Labute approximate surface area is 114 Å². The SMILES string of the molecule is CC(C)NCC(C)(C)CN1CC(C)N(C)C(C)C1. The molecule has 0 aromatic rings. The molecule has 0 bridgehead atoms. The molecule has 0 radical (unpaired) electrons. The zero-order valence-corrected chi connectivity index (χ0v) is 13.5. The zero-order chi connectivity index (χ0) is 13.9. The fraction of sp³-hybridized carbons (Fsp3) is 1.00. The minimum absolute atomic E-state index is 0.347. The van der Waals surface area contributed by atoms with Crippen LogP contribution in [0.5, 0.6) is 0 Å². The third-order valence-corrected chi connectivity index (χ3v) is 4.08. The van der Waals surface area contributed by atoms with Gasteiger partial charge in [0.2, 0.25) is 0 Å². The van der Waals surface area contributed by atoms with Gasteiger partial charge in [-0.25, -0.2) is 0 Å². The second-order valence-electron chi connectivity index (χ2n) is 7.26. The second kappa shape index (κ2) is 6.36. The van der Waals surface area contributed by atoms with E-state index in [2.05, 4.69) is 63.7 Å². The Bertz CT molecular complexity index is 238. The minimum Gasteiger partial charge on any atom is -0.314 e. The van der Waals surface area contributed by atoms with E-state index < -0.39 is 0 Å². The predicted molar refractivity (Wildman–Crippen MR) is 80.0 cm³/mol. The number of likely N-dealkylation sites (N-methyl/N-ethyl adjacent to an activating group) is 1. The van der Waals surface area contributed by atoms with Crippen LogP contribution in [0.25, 0.3) is 0 Å². The molecule has 1 aliphatic rings. The van der Waals surface area contributed by atoms with Crippen molar-refractivity contribution in [3.8, 4) is 0 Å². The lowest BCUT2D eigenvalue weighted by Gasteiger charge is -2.45. The van der Waals surface area contributed by atoms with E-state index in [1.54, 1.807) is 0 Å². The topological polar surface area (TPSA) is 18.5 Å². The van der Waals surface area contributed by atoms with Crippen molar-refractivity contribution in [2.75, 3.05) is 33.2 Å². The van der Waals surface area contributed by atoms with Gasteiger partial charge in [0.15, 0.2) is 0 Å². The first-order valence-corrected chi connectivity index (χ1v) is 7.39. The Balaban J connectivity index is 2.46. The van der Waals surface area contributed by atoms with E-state index in [1.807, 2.05) is 0 Å². The largest absolute Gasteiger partial charge is 0.314 e. The van der Waals surface area contributed by atoms with Crippen LogP contribution in [-0.2, 0) is 0 Å². The van der Waals surface area contributed by atoms with Crippen LogP contribution < -0.4 is 5.32 Å². The van der Waals surface area contributed by atoms with E-state index in [0.717, 1.165) is 6.54 Å². The van der Waals surface area contributed by atoms with Crippen LogP contribution in [0.15, 0.2) is 0 Å². The molecule has 0 spiro atoms. The summed E-state index contributed by atoms with van der Waals surface area (Å²) in [5.41, 5.74) is 0.347. The molecule has 1 fully saturated rings. The maximum atomic E-state index is 3.57. The minimum atomic E-state index is 0.347. The highest BCUT2D eigenvalue weighted by Gasteiger charge is 2.30. The van der Waals surface area contributed by atoms with Gasteiger partial charge in [-0.3, -0.25) is 9.80 Å². The number of hydrogen-bond donors (Lipinski definition) is 1. The van der Waals surface area contributed by atoms with Gasteiger partial charge in [0.05, 0.1) is 0 Å². The van der Waals surface area contributed by atoms with Crippen LogP contribution in [-0.4, -0.2) is 61.2 Å². The van der Waals surface area contributed by atoms with Gasteiger partial charge in [0, 0.05) is 44.3 Å². The van der Waals surface area contributed by atoms with E-state index in [-0.39, 0.29) is 0 Å². The van der Waals surface area contributed by atoms with Crippen LogP contribution >= 0.6 is 0 Å². The molecular weight excluding hydrogens is 222 g/mol. The van der Waals surface area contributed by atoms with Gasteiger partial charge >= 0.3 is 0 Å². The maximum absolute atomic E-state index is 3.57. The van der Waals surface area contributed by atoms with Crippen LogP contribution in [0.4, 0.5) is 0 Å². The standard InChI is InChI=1S/C15H33N3/c1-12(2)16-10-15(5,6)11-18-8-13(3)17(7)14(4)9-18/h12-14,16H,8-11H2,1-7H3. The third-order valence-electron chi connectivity index (χ3n) is 4.08. The number of hydrogen-bond acceptors (Lipinski definition) is 3. The summed E-state index contributed by atoms with van der Waals surface area (Å²) in [6, 6.07) is 1.92. The Hall–Kier alpha value is -0.120.